The van der Waals surface area contributed by atoms with Crippen molar-refractivity contribution >= 4 is 21.7 Å². The van der Waals surface area contributed by atoms with E-state index < -0.39 is 9.84 Å². The third kappa shape index (κ3) is 4.58. The van der Waals surface area contributed by atoms with Crippen molar-refractivity contribution in [2.45, 2.75) is 57.4 Å². The summed E-state index contributed by atoms with van der Waals surface area (Å²) in [4.78, 5) is 19.0. The van der Waals surface area contributed by atoms with Crippen LogP contribution in [0.3, 0.4) is 0 Å². The summed E-state index contributed by atoms with van der Waals surface area (Å²) in [6, 6.07) is 0.470. The number of rotatable bonds is 3. The van der Waals surface area contributed by atoms with E-state index in [0.717, 1.165) is 44.9 Å². The predicted octanol–water partition coefficient (Wildman–Crippen LogP) is 0.911. The van der Waals surface area contributed by atoms with Crippen LogP contribution in [0.15, 0.2) is 4.99 Å². The van der Waals surface area contributed by atoms with Crippen molar-refractivity contribution in [3.63, 3.8) is 0 Å². The number of piperidine rings is 1. The number of guanidine groups is 1. The number of amides is 1. The number of carbonyl (C=O) groups is 1. The Kier molecular flexibility index (Phi) is 5.36. The zero-order valence-corrected chi connectivity index (χ0v) is 16.9. The molecule has 1 saturated carbocycles. The summed E-state index contributed by atoms with van der Waals surface area (Å²) in [7, 11) is -2.86. The van der Waals surface area contributed by atoms with E-state index in [4.69, 9.17) is 4.99 Å². The predicted molar refractivity (Wildman–Crippen MR) is 105 cm³/mol. The maximum absolute atomic E-state index is 11.8. The van der Waals surface area contributed by atoms with Crippen molar-refractivity contribution in [2.75, 3.05) is 37.7 Å². The topological polar surface area (TPSA) is 90.9 Å². The van der Waals surface area contributed by atoms with Gasteiger partial charge >= 0.3 is 0 Å². The second-order valence-electron chi connectivity index (χ2n) is 9.04. The number of carbonyl (C=O) groups excluding carboxylic acids is 1. The van der Waals surface area contributed by atoms with Crippen molar-refractivity contribution < 1.29 is 13.2 Å². The number of nitrogens with zero attached hydrogens (tertiary/aromatic N) is 2. The SMILES string of the molecule is O=C1CC2(CCCN(C(=NCC3CCS(=O)(=O)C3)NC3CCCC3)C2)CN1. The lowest BCUT2D eigenvalue weighted by Crippen LogP contribution is -2.53. The number of hydrogen-bond donors (Lipinski definition) is 2. The van der Waals surface area contributed by atoms with Gasteiger partial charge in [-0.3, -0.25) is 9.79 Å². The Hall–Kier alpha value is -1.31. The molecule has 3 heterocycles. The highest BCUT2D eigenvalue weighted by Crippen LogP contribution is 2.36. The summed E-state index contributed by atoms with van der Waals surface area (Å²) in [6.45, 7) is 3.15. The Balaban J connectivity index is 1.46. The molecule has 7 nitrogen and oxygen atoms in total. The molecule has 0 aromatic carbocycles. The molecule has 2 unspecified atom stereocenters. The van der Waals surface area contributed by atoms with E-state index in [2.05, 4.69) is 15.5 Å². The van der Waals surface area contributed by atoms with Gasteiger partial charge in [-0.15, -0.1) is 0 Å². The summed E-state index contributed by atoms with van der Waals surface area (Å²) >= 11 is 0. The molecule has 3 saturated heterocycles. The zero-order chi connectivity index (χ0) is 18.9. The number of hydrogen-bond acceptors (Lipinski definition) is 4. The van der Waals surface area contributed by atoms with Crippen LogP contribution < -0.4 is 10.6 Å². The number of likely N-dealkylation sites (tertiary alicyclic amines) is 1. The van der Waals surface area contributed by atoms with E-state index in [9.17, 15) is 13.2 Å². The third-order valence-corrected chi connectivity index (χ3v) is 8.51. The van der Waals surface area contributed by atoms with E-state index in [0.29, 0.717) is 24.8 Å². The van der Waals surface area contributed by atoms with Gasteiger partial charge in [-0.05, 0) is 38.0 Å². The fraction of sp³-hybridized carbons (Fsp3) is 0.895. The first-order chi connectivity index (χ1) is 12.9. The van der Waals surface area contributed by atoms with Crippen LogP contribution in [0.5, 0.6) is 0 Å². The summed E-state index contributed by atoms with van der Waals surface area (Å²) in [5, 5.41) is 6.67. The first kappa shape index (κ1) is 19.0. The van der Waals surface area contributed by atoms with E-state index in [-0.39, 0.29) is 23.0 Å². The van der Waals surface area contributed by atoms with E-state index >= 15 is 0 Å². The first-order valence-corrected chi connectivity index (χ1v) is 12.3. The van der Waals surface area contributed by atoms with Gasteiger partial charge in [0.1, 0.15) is 0 Å². The Morgan fingerprint density at radius 2 is 2.07 bits per heavy atom. The van der Waals surface area contributed by atoms with Crippen molar-refractivity contribution in [3.05, 3.63) is 0 Å². The lowest BCUT2D eigenvalue weighted by molar-refractivity contribution is -0.119. The molecule has 4 fully saturated rings. The van der Waals surface area contributed by atoms with Crippen LogP contribution in [-0.2, 0) is 14.6 Å². The summed E-state index contributed by atoms with van der Waals surface area (Å²) in [5.74, 6) is 1.82. The molecule has 3 aliphatic heterocycles. The summed E-state index contributed by atoms with van der Waals surface area (Å²) in [5.41, 5.74) is 0.0319. The Morgan fingerprint density at radius 1 is 1.26 bits per heavy atom. The average molecular weight is 397 g/mol. The molecule has 152 valence electrons. The highest BCUT2D eigenvalue weighted by Gasteiger charge is 2.42. The Labute approximate surface area is 162 Å². The molecule has 1 aliphatic carbocycles. The average Bonchev–Trinajstić information content (AvgIpc) is 3.33. The molecule has 0 bridgehead atoms. The second-order valence-corrected chi connectivity index (χ2v) is 11.3. The van der Waals surface area contributed by atoms with Crippen LogP contribution in [0.25, 0.3) is 0 Å². The van der Waals surface area contributed by atoms with Crippen LogP contribution in [0, 0.1) is 11.3 Å². The van der Waals surface area contributed by atoms with Crippen LogP contribution in [-0.4, -0.2) is 68.9 Å². The first-order valence-electron chi connectivity index (χ1n) is 10.5. The maximum atomic E-state index is 11.8. The van der Waals surface area contributed by atoms with Crippen LogP contribution in [0.1, 0.15) is 51.4 Å². The Bertz CT molecular complexity index is 702. The fourth-order valence-electron chi connectivity index (χ4n) is 5.15. The number of nitrogens with one attached hydrogen (secondary N) is 2. The minimum Gasteiger partial charge on any atom is -0.355 e. The van der Waals surface area contributed by atoms with Gasteiger partial charge in [-0.2, -0.15) is 0 Å². The molecule has 2 atom stereocenters. The molecule has 1 spiro atoms. The normalized spacial score (nSPS) is 34.4. The standard InChI is InChI=1S/C19H32N4O3S/c24-17-10-19(13-21-17)7-3-8-23(14-19)18(22-16-4-1-2-5-16)20-11-15-6-9-27(25,26)12-15/h15-16H,1-14H2,(H,20,22)(H,21,24). The largest absolute Gasteiger partial charge is 0.355 e. The second kappa shape index (κ2) is 7.60. The molecule has 1 amide bonds. The molecular weight excluding hydrogens is 364 g/mol. The zero-order valence-electron chi connectivity index (χ0n) is 16.1. The molecule has 27 heavy (non-hydrogen) atoms. The molecule has 2 N–H and O–H groups in total. The quantitative estimate of drug-likeness (QED) is 0.547. The van der Waals surface area contributed by atoms with Crippen molar-refractivity contribution in [2.24, 2.45) is 16.3 Å². The fourth-order valence-corrected chi connectivity index (χ4v) is 7.00. The van der Waals surface area contributed by atoms with Crippen LogP contribution in [0.2, 0.25) is 0 Å². The molecule has 0 radical (unpaired) electrons. The molecule has 0 aromatic rings. The minimum atomic E-state index is -2.86. The molecule has 8 heteroatoms. The molecule has 0 aromatic heterocycles. The van der Waals surface area contributed by atoms with Crippen LogP contribution >= 0.6 is 0 Å². The number of sulfone groups is 1. The lowest BCUT2D eigenvalue weighted by atomic mass is 9.79. The van der Waals surface area contributed by atoms with Gasteiger partial charge in [0.2, 0.25) is 5.91 Å². The molecule has 4 aliphatic rings. The van der Waals surface area contributed by atoms with E-state index in [1.807, 2.05) is 0 Å². The minimum absolute atomic E-state index is 0.0319. The van der Waals surface area contributed by atoms with Gasteiger partial charge < -0.3 is 15.5 Å². The summed E-state index contributed by atoms with van der Waals surface area (Å²) in [6.07, 6.45) is 8.36. The molecular formula is C19H32N4O3S. The van der Waals surface area contributed by atoms with Gasteiger partial charge in [0.25, 0.3) is 0 Å². The lowest BCUT2D eigenvalue weighted by Gasteiger charge is -2.41. The summed E-state index contributed by atoms with van der Waals surface area (Å²) < 4.78 is 23.5. The highest BCUT2D eigenvalue weighted by atomic mass is 32.2. The smallest absolute Gasteiger partial charge is 0.220 e. The number of aliphatic imine (C=N–C) groups is 1. The Morgan fingerprint density at radius 3 is 2.74 bits per heavy atom. The van der Waals surface area contributed by atoms with Crippen molar-refractivity contribution in [1.82, 2.24) is 15.5 Å². The van der Waals surface area contributed by atoms with Gasteiger partial charge in [0.05, 0.1) is 11.5 Å². The molecule has 4 rings (SSSR count). The van der Waals surface area contributed by atoms with Crippen molar-refractivity contribution in [3.8, 4) is 0 Å². The van der Waals surface area contributed by atoms with Gasteiger partial charge in [-0.1, -0.05) is 12.8 Å². The van der Waals surface area contributed by atoms with Crippen LogP contribution in [0.4, 0.5) is 0 Å². The van der Waals surface area contributed by atoms with Crippen molar-refractivity contribution in [1.29, 1.82) is 0 Å². The van der Waals surface area contributed by atoms with Gasteiger partial charge in [-0.25, -0.2) is 8.42 Å². The maximum Gasteiger partial charge on any atom is 0.220 e. The third-order valence-electron chi connectivity index (χ3n) is 6.67. The van der Waals surface area contributed by atoms with Gasteiger partial charge in [0, 0.05) is 44.1 Å². The van der Waals surface area contributed by atoms with E-state index in [1.54, 1.807) is 0 Å². The highest BCUT2D eigenvalue weighted by molar-refractivity contribution is 7.91. The van der Waals surface area contributed by atoms with E-state index in [1.165, 1.54) is 25.7 Å². The monoisotopic (exact) mass is 396 g/mol. The van der Waals surface area contributed by atoms with Gasteiger partial charge in [0.15, 0.2) is 15.8 Å².